The Hall–Kier alpha value is -13.6. The fraction of sp³-hybridized carbons (Fsp3) is 0.317. The number of benzene rings is 15. The summed E-state index contributed by atoms with van der Waals surface area (Å²) in [6.07, 6.45) is 26.3. The highest BCUT2D eigenvalue weighted by Crippen LogP contribution is 2.43. The van der Waals surface area contributed by atoms with Crippen molar-refractivity contribution in [2.24, 2.45) is 0 Å². The van der Waals surface area contributed by atoms with Crippen molar-refractivity contribution in [3.05, 3.63) is 336 Å². The van der Waals surface area contributed by atoms with Crippen LogP contribution in [-0.4, -0.2) is 94.3 Å². The first-order chi connectivity index (χ1) is 66.8. The third kappa shape index (κ3) is 20.2. The SMILES string of the molecule is CC(=O)c1c2c(cc3ccc(N4CCCC4)cc13)CCC2.CC(=O)c1c2c(cc3ccc(N4CCCCC4)cc13)CCC2.CC(=O)c1c2c(cc3ccc(N4CCOCC4)cc13)CCC2.CC(=O)c1c2c(cc3ccc(NCc4ccccc4)cc13)CCC2.CC(=O)c1c2c(cc3ccc(Nc4ccccc4)cc13)CCC2.COc1ccc(Nc2ccc3cc4c(c(C(C)=O)c3c2)CCC4)cc1. The van der Waals surface area contributed by atoms with Crippen molar-refractivity contribution in [2.75, 3.05) is 90.2 Å². The molecule has 0 saturated carbocycles. The molecule has 24 rings (SSSR count). The molecule has 15 aromatic carbocycles. The summed E-state index contributed by atoms with van der Waals surface area (Å²) in [5, 5.41) is 24.1. The standard InChI is InChI=1S/C22H21NO2.C22H21NO.C21H19NO.C20H23NO.C19H21NO2.C19H21NO/c1-14(24)22-20-5-3-4-15(20)12-16-6-7-18(13-21(16)22)23-17-8-10-19(25-2)11-9-17;1-15(24)22-20-9-5-8-17(20)12-18-10-11-19(13-21(18)22)23-14-16-6-3-2-4-7-16;1-14(23)21-19-9-5-6-15(19)12-16-10-11-18(13-20(16)21)22-17-7-3-2-4-8-17;1-14(22)20-18-7-5-6-15(18)12-16-8-9-17(13-19(16)20)21-10-3-2-4-11-21;1-13(21)19-17-4-2-3-14(17)11-15-5-6-16(12-18(15)19)20-7-9-22-10-8-20;1-13(21)19-17-6-4-5-14(17)11-15-7-8-16(12-18(15)19)20-9-2-3-10-20/h6-13,23H,3-5H2,1-2H3;2-4,6-7,10-13,23H,5,8-9,14H2,1H3;2-4,7-8,10-13,22H,5-6,9H2,1H3;8-9,12-13H,2-7,10-11H2,1H3;5-6,11-12H,2-4,7-10H2,1H3;7-8,11-12H,2-6,9-10H2,1H3. The second-order valence-electron chi connectivity index (χ2n) is 38.8. The largest absolute Gasteiger partial charge is 0.497 e. The fourth-order valence-corrected chi connectivity index (χ4v) is 23.3. The van der Waals surface area contributed by atoms with E-state index < -0.39 is 0 Å². The predicted octanol–water partition coefficient (Wildman–Crippen LogP) is 27.7. The molecule has 9 aliphatic rings. The molecular formula is C123H126N6O8. The number of rotatable bonds is 17. The molecule has 3 fully saturated rings. The third-order valence-electron chi connectivity index (χ3n) is 29.7. The molecule has 0 aromatic heterocycles. The zero-order chi connectivity index (χ0) is 94.3. The molecule has 0 radical (unpaired) electrons. The average Bonchev–Trinajstić information content (AvgIpc) is 1.77. The van der Waals surface area contributed by atoms with E-state index in [0.717, 1.165) is 266 Å². The Morgan fingerprint density at radius 3 is 0.861 bits per heavy atom. The molecule has 15 aromatic rings. The highest BCUT2D eigenvalue weighted by Gasteiger charge is 2.30. The Kier molecular flexibility index (Phi) is 28.1. The van der Waals surface area contributed by atoms with Gasteiger partial charge in [-0.3, -0.25) is 28.8 Å². The van der Waals surface area contributed by atoms with Crippen LogP contribution < -0.4 is 35.4 Å². The molecular weight excluding hydrogens is 1690 g/mol. The number of carbonyl (C=O) groups excluding carboxylic acids is 6. The number of piperidine rings is 1. The summed E-state index contributed by atoms with van der Waals surface area (Å²) in [5.74, 6) is 1.98. The highest BCUT2D eigenvalue weighted by atomic mass is 16.5. The lowest BCUT2D eigenvalue weighted by Crippen LogP contribution is -2.36. The number of ether oxygens (including phenoxy) is 2. The van der Waals surface area contributed by atoms with E-state index in [9.17, 15) is 28.8 Å². The summed E-state index contributed by atoms with van der Waals surface area (Å²) in [4.78, 5) is 80.9. The summed E-state index contributed by atoms with van der Waals surface area (Å²) in [6.45, 7) is 19.0. The van der Waals surface area contributed by atoms with Gasteiger partial charge in [0.1, 0.15) is 5.75 Å². The summed E-state index contributed by atoms with van der Waals surface area (Å²) >= 11 is 0. The molecule has 3 saturated heterocycles. The van der Waals surface area contributed by atoms with Crippen LogP contribution in [0.1, 0.15) is 247 Å². The second-order valence-corrected chi connectivity index (χ2v) is 38.8. The third-order valence-corrected chi connectivity index (χ3v) is 29.7. The van der Waals surface area contributed by atoms with Crippen molar-refractivity contribution in [3.63, 3.8) is 0 Å². The second kappa shape index (κ2) is 41.6. The van der Waals surface area contributed by atoms with Crippen LogP contribution in [0, 0.1) is 0 Å². The molecule has 3 heterocycles. The minimum atomic E-state index is 0.158. The van der Waals surface area contributed by atoms with Gasteiger partial charge in [-0.15, -0.1) is 0 Å². The molecule has 3 aliphatic heterocycles. The molecule has 6 aliphatic carbocycles. The van der Waals surface area contributed by atoms with E-state index in [1.807, 2.05) is 60.7 Å². The van der Waals surface area contributed by atoms with Crippen LogP contribution in [0.4, 0.5) is 45.5 Å². The van der Waals surface area contributed by atoms with Gasteiger partial charge in [0, 0.05) is 125 Å². The van der Waals surface area contributed by atoms with Gasteiger partial charge in [-0.25, -0.2) is 0 Å². The van der Waals surface area contributed by atoms with Crippen molar-refractivity contribution in [1.82, 2.24) is 0 Å². The molecule has 14 heteroatoms. The Labute approximate surface area is 806 Å². The van der Waals surface area contributed by atoms with Gasteiger partial charge in [0.15, 0.2) is 34.7 Å². The number of morpholine rings is 1. The van der Waals surface area contributed by atoms with Gasteiger partial charge in [0.25, 0.3) is 0 Å². The average molecular weight is 1820 g/mol. The lowest BCUT2D eigenvalue weighted by atomic mass is 9.93. The van der Waals surface area contributed by atoms with Crippen LogP contribution in [0.3, 0.4) is 0 Å². The van der Waals surface area contributed by atoms with Gasteiger partial charge in [0.2, 0.25) is 0 Å². The number of anilines is 8. The molecule has 0 atom stereocenters. The Balaban J connectivity index is 0.000000105. The number of methoxy groups -OCH3 is 1. The van der Waals surface area contributed by atoms with Crippen LogP contribution in [0.2, 0.25) is 0 Å². The number of Topliss-reactive ketones (excluding diaryl/α,β-unsaturated/α-hetero) is 6. The summed E-state index contributed by atoms with van der Waals surface area (Å²) in [6, 6.07) is 80.8. The number of hydrogen-bond acceptors (Lipinski definition) is 14. The Bertz CT molecular complexity index is 7050. The van der Waals surface area contributed by atoms with Crippen LogP contribution in [0.25, 0.3) is 64.6 Å². The van der Waals surface area contributed by atoms with Crippen molar-refractivity contribution in [1.29, 1.82) is 0 Å². The van der Waals surface area contributed by atoms with Gasteiger partial charge in [-0.1, -0.05) is 121 Å². The molecule has 0 amide bonds. The first kappa shape index (κ1) is 92.5. The summed E-state index contributed by atoms with van der Waals surface area (Å²) < 4.78 is 10.6. The zero-order valence-electron chi connectivity index (χ0n) is 80.7. The lowest BCUT2D eigenvalue weighted by molar-refractivity contribution is 0.101. The van der Waals surface area contributed by atoms with Gasteiger partial charge in [0.05, 0.1) is 20.3 Å². The number of nitrogens with zero attached hydrogens (tertiary/aromatic N) is 3. The molecule has 0 spiro atoms. The molecule has 0 unspecified atom stereocenters. The van der Waals surface area contributed by atoms with E-state index in [1.54, 1.807) is 48.7 Å². The fourth-order valence-electron chi connectivity index (χ4n) is 23.3. The Morgan fingerprint density at radius 1 is 0.270 bits per heavy atom. The molecule has 3 N–H and O–H groups in total. The van der Waals surface area contributed by atoms with Gasteiger partial charge in [-0.2, -0.15) is 0 Å². The normalized spacial score (nSPS) is 15.2. The summed E-state index contributed by atoms with van der Waals surface area (Å²) in [5.41, 5.74) is 31.7. The molecule has 696 valence electrons. The molecule has 137 heavy (non-hydrogen) atoms. The topological polar surface area (TPSA) is 167 Å². The highest BCUT2D eigenvalue weighted by molar-refractivity contribution is 6.15. The molecule has 14 nitrogen and oxygen atoms in total. The number of aryl methyl sites for hydroxylation is 6. The quantitative estimate of drug-likeness (QED) is 0.0737. The van der Waals surface area contributed by atoms with Crippen molar-refractivity contribution < 1.29 is 38.2 Å². The van der Waals surface area contributed by atoms with E-state index in [-0.39, 0.29) is 34.7 Å². The molecule has 0 bridgehead atoms. The number of nitrogens with one attached hydrogen (secondary N) is 3. The van der Waals surface area contributed by atoms with Crippen molar-refractivity contribution in [3.8, 4) is 5.75 Å². The number of hydrogen-bond donors (Lipinski definition) is 3. The van der Waals surface area contributed by atoms with E-state index in [2.05, 4.69) is 201 Å². The van der Waals surface area contributed by atoms with Crippen LogP contribution in [0.15, 0.2) is 231 Å². The van der Waals surface area contributed by atoms with Crippen LogP contribution in [-0.2, 0) is 88.3 Å². The van der Waals surface area contributed by atoms with Crippen LogP contribution >= 0.6 is 0 Å². The number of ketones is 6. The first-order valence-corrected chi connectivity index (χ1v) is 50.2. The van der Waals surface area contributed by atoms with Gasteiger partial charge < -0.3 is 40.1 Å². The predicted molar refractivity (Wildman–Crippen MR) is 566 cm³/mol. The number of fused-ring (bicyclic) bond motifs is 12. The van der Waals surface area contributed by atoms with Crippen LogP contribution in [0.5, 0.6) is 5.75 Å². The monoisotopic (exact) mass is 1810 g/mol. The lowest BCUT2D eigenvalue weighted by Gasteiger charge is -2.29. The maximum absolute atomic E-state index is 12.3. The van der Waals surface area contributed by atoms with Gasteiger partial charge >= 0.3 is 0 Å². The smallest absolute Gasteiger partial charge is 0.160 e. The van der Waals surface area contributed by atoms with E-state index in [0.29, 0.717) is 0 Å². The summed E-state index contributed by atoms with van der Waals surface area (Å²) in [7, 11) is 1.66. The van der Waals surface area contributed by atoms with E-state index in [4.69, 9.17) is 9.47 Å². The van der Waals surface area contributed by atoms with Crippen molar-refractivity contribution in [2.45, 2.75) is 196 Å². The minimum Gasteiger partial charge on any atom is -0.497 e. The van der Waals surface area contributed by atoms with Gasteiger partial charge in [-0.05, 0) is 435 Å². The Morgan fingerprint density at radius 2 is 0.540 bits per heavy atom. The first-order valence-electron chi connectivity index (χ1n) is 50.2. The number of carbonyl (C=O) groups is 6. The van der Waals surface area contributed by atoms with E-state index >= 15 is 0 Å². The van der Waals surface area contributed by atoms with Crippen molar-refractivity contribution >= 4 is 145 Å². The number of para-hydroxylation sites is 1. The maximum atomic E-state index is 12.3. The zero-order valence-corrected chi connectivity index (χ0v) is 80.7. The minimum absolute atomic E-state index is 0.158. The van der Waals surface area contributed by atoms with E-state index in [1.165, 1.54) is 162 Å². The maximum Gasteiger partial charge on any atom is 0.160 e.